The average Bonchev–Trinajstić information content (AvgIpc) is 3.53. The molecule has 1 aromatic carbocycles. The standard InChI is InChI=1S/C24H30F2N6O3S/c1-15(20-11-18(6-7-21(20)26)30-23(33)22-8-5-17(25)12-28-22)29-24(27)31(2)36(34,35)19-9-10-32(14-19)13-16-3-4-16/h5-8,11-12,15-16,19H,3-4,9-10,13-14H2,1-2H3,(H2,27,29)(H,30,33)/t15-,19+/m1/s1. The van der Waals surface area contributed by atoms with Gasteiger partial charge in [0.15, 0.2) is 0 Å². The number of hydrogen-bond acceptors (Lipinski definition) is 6. The highest BCUT2D eigenvalue weighted by Gasteiger charge is 2.38. The fourth-order valence-electron chi connectivity index (χ4n) is 4.25. The van der Waals surface area contributed by atoms with E-state index in [0.29, 0.717) is 18.9 Å². The van der Waals surface area contributed by atoms with Crippen molar-refractivity contribution in [3.8, 4) is 0 Å². The normalized spacial score (nSPS) is 19.1. The summed E-state index contributed by atoms with van der Waals surface area (Å²) in [6, 6.07) is 5.48. The summed E-state index contributed by atoms with van der Waals surface area (Å²) >= 11 is 0. The number of likely N-dealkylation sites (tertiary alicyclic amines) is 1. The van der Waals surface area contributed by atoms with Gasteiger partial charge in [0.2, 0.25) is 16.0 Å². The van der Waals surface area contributed by atoms with Crippen molar-refractivity contribution in [2.45, 2.75) is 37.5 Å². The molecule has 0 spiro atoms. The number of rotatable bonds is 8. The Kier molecular flexibility index (Phi) is 7.55. The van der Waals surface area contributed by atoms with Crippen molar-refractivity contribution in [2.24, 2.45) is 5.92 Å². The minimum absolute atomic E-state index is 0.00957. The molecule has 4 rings (SSSR count). The first-order chi connectivity index (χ1) is 17.0. The number of pyridine rings is 1. The van der Waals surface area contributed by atoms with Gasteiger partial charge in [-0.3, -0.25) is 10.2 Å². The molecule has 1 aliphatic heterocycles. The predicted molar refractivity (Wildman–Crippen MR) is 132 cm³/mol. The minimum Gasteiger partial charge on any atom is -0.349 e. The van der Waals surface area contributed by atoms with Crippen LogP contribution in [0.25, 0.3) is 0 Å². The molecule has 1 amide bonds. The highest BCUT2D eigenvalue weighted by molar-refractivity contribution is 7.90. The second-order valence-electron chi connectivity index (χ2n) is 9.39. The third-order valence-corrected chi connectivity index (χ3v) is 8.77. The van der Waals surface area contributed by atoms with E-state index in [1.165, 1.54) is 38.1 Å². The fraction of sp³-hybridized carbons (Fsp3) is 0.458. The topological polar surface area (TPSA) is 118 Å². The van der Waals surface area contributed by atoms with Gasteiger partial charge in [-0.25, -0.2) is 26.5 Å². The number of benzene rings is 1. The monoisotopic (exact) mass is 520 g/mol. The van der Waals surface area contributed by atoms with Gasteiger partial charge in [0.05, 0.1) is 17.5 Å². The van der Waals surface area contributed by atoms with E-state index < -0.39 is 38.9 Å². The Balaban J connectivity index is 1.39. The molecule has 3 N–H and O–H groups in total. The second-order valence-corrected chi connectivity index (χ2v) is 11.6. The zero-order valence-corrected chi connectivity index (χ0v) is 21.0. The van der Waals surface area contributed by atoms with Crippen LogP contribution in [0, 0.1) is 23.0 Å². The van der Waals surface area contributed by atoms with Crippen LogP contribution < -0.4 is 10.6 Å². The quantitative estimate of drug-likeness (QED) is 0.364. The Morgan fingerprint density at radius 1 is 1.25 bits per heavy atom. The number of nitrogens with zero attached hydrogens (tertiary/aromatic N) is 3. The highest BCUT2D eigenvalue weighted by atomic mass is 32.2. The molecule has 1 aromatic heterocycles. The molecule has 1 aliphatic carbocycles. The Morgan fingerprint density at radius 2 is 2.00 bits per heavy atom. The summed E-state index contributed by atoms with van der Waals surface area (Å²) in [7, 11) is -2.44. The SMILES string of the molecule is C[C@@H](NC(=N)N(C)S(=O)(=O)[C@H]1CCN(CC2CC2)C1)c1cc(NC(=O)c2ccc(F)cn2)ccc1F. The molecule has 2 aliphatic rings. The fourth-order valence-corrected chi connectivity index (χ4v) is 5.81. The van der Waals surface area contributed by atoms with Crippen LogP contribution in [0.15, 0.2) is 36.5 Å². The first kappa shape index (κ1) is 26.0. The van der Waals surface area contributed by atoms with Crippen LogP contribution >= 0.6 is 0 Å². The van der Waals surface area contributed by atoms with Crippen molar-refractivity contribution in [3.63, 3.8) is 0 Å². The van der Waals surface area contributed by atoms with E-state index in [4.69, 9.17) is 5.41 Å². The van der Waals surface area contributed by atoms with Crippen LogP contribution in [0.3, 0.4) is 0 Å². The molecule has 0 radical (unpaired) electrons. The number of nitrogens with one attached hydrogen (secondary N) is 3. The zero-order chi connectivity index (χ0) is 26.0. The van der Waals surface area contributed by atoms with Crippen LogP contribution in [-0.4, -0.2) is 66.4 Å². The van der Waals surface area contributed by atoms with Crippen molar-refractivity contribution in [3.05, 3.63) is 59.4 Å². The number of guanidine groups is 1. The molecular weight excluding hydrogens is 490 g/mol. The van der Waals surface area contributed by atoms with Crippen molar-refractivity contribution in [2.75, 3.05) is 32.0 Å². The molecule has 36 heavy (non-hydrogen) atoms. The molecule has 1 saturated carbocycles. The molecule has 2 atom stereocenters. The average molecular weight is 521 g/mol. The van der Waals surface area contributed by atoms with Gasteiger partial charge in [0, 0.05) is 31.4 Å². The molecule has 2 heterocycles. The molecule has 2 aromatic rings. The van der Waals surface area contributed by atoms with Crippen LogP contribution in [0.1, 0.15) is 48.3 Å². The second kappa shape index (κ2) is 10.5. The van der Waals surface area contributed by atoms with E-state index in [9.17, 15) is 22.0 Å². The van der Waals surface area contributed by atoms with Gasteiger partial charge in [-0.05, 0) is 69.0 Å². The number of carbonyl (C=O) groups is 1. The maximum Gasteiger partial charge on any atom is 0.274 e. The lowest BCUT2D eigenvalue weighted by molar-refractivity contribution is 0.102. The number of carbonyl (C=O) groups excluding carboxylic acids is 1. The van der Waals surface area contributed by atoms with Gasteiger partial charge >= 0.3 is 0 Å². The zero-order valence-electron chi connectivity index (χ0n) is 20.2. The molecule has 9 nitrogen and oxygen atoms in total. The van der Waals surface area contributed by atoms with E-state index in [-0.39, 0.29) is 22.9 Å². The van der Waals surface area contributed by atoms with Crippen LogP contribution in [0.5, 0.6) is 0 Å². The van der Waals surface area contributed by atoms with E-state index in [1.54, 1.807) is 6.92 Å². The third kappa shape index (κ3) is 5.98. The first-order valence-corrected chi connectivity index (χ1v) is 13.3. The van der Waals surface area contributed by atoms with E-state index >= 15 is 0 Å². The molecule has 194 valence electrons. The summed E-state index contributed by atoms with van der Waals surface area (Å²) in [5.41, 5.74) is 0.391. The van der Waals surface area contributed by atoms with Crippen LogP contribution in [0.4, 0.5) is 14.5 Å². The summed E-state index contributed by atoms with van der Waals surface area (Å²) in [4.78, 5) is 18.3. The van der Waals surface area contributed by atoms with Gasteiger partial charge in [-0.2, -0.15) is 0 Å². The highest BCUT2D eigenvalue weighted by Crippen LogP contribution is 2.32. The lowest BCUT2D eigenvalue weighted by Crippen LogP contribution is -2.47. The third-order valence-electron chi connectivity index (χ3n) is 6.59. The minimum atomic E-state index is -3.76. The molecule has 0 bridgehead atoms. The predicted octanol–water partition coefficient (Wildman–Crippen LogP) is 2.94. The van der Waals surface area contributed by atoms with Gasteiger partial charge < -0.3 is 15.5 Å². The van der Waals surface area contributed by atoms with E-state index in [2.05, 4.69) is 20.5 Å². The molecule has 12 heteroatoms. The lowest BCUT2D eigenvalue weighted by Gasteiger charge is -2.27. The Labute approximate surface area is 209 Å². The van der Waals surface area contributed by atoms with Crippen molar-refractivity contribution >= 4 is 27.6 Å². The summed E-state index contributed by atoms with van der Waals surface area (Å²) in [5, 5.41) is 13.1. The maximum atomic E-state index is 14.6. The first-order valence-electron chi connectivity index (χ1n) is 11.8. The molecule has 1 saturated heterocycles. The number of anilines is 1. The van der Waals surface area contributed by atoms with E-state index in [1.807, 2.05) is 0 Å². The van der Waals surface area contributed by atoms with Gasteiger partial charge in [-0.15, -0.1) is 0 Å². The number of sulfonamides is 1. The Bertz CT molecular complexity index is 1240. The largest absolute Gasteiger partial charge is 0.349 e. The molecule has 2 fully saturated rings. The number of amides is 1. The van der Waals surface area contributed by atoms with Gasteiger partial charge in [-0.1, -0.05) is 0 Å². The van der Waals surface area contributed by atoms with Gasteiger partial charge in [0.1, 0.15) is 17.3 Å². The summed E-state index contributed by atoms with van der Waals surface area (Å²) in [5.74, 6) is -1.45. The maximum absolute atomic E-state index is 14.6. The number of aromatic nitrogens is 1. The van der Waals surface area contributed by atoms with Crippen LogP contribution in [-0.2, 0) is 10.0 Å². The van der Waals surface area contributed by atoms with Crippen molar-refractivity contribution in [1.29, 1.82) is 5.41 Å². The number of halogens is 2. The van der Waals surface area contributed by atoms with Crippen LogP contribution in [0.2, 0.25) is 0 Å². The Hall–Kier alpha value is -3.12. The summed E-state index contributed by atoms with van der Waals surface area (Å²) < 4.78 is 54.8. The van der Waals surface area contributed by atoms with Gasteiger partial charge in [0.25, 0.3) is 5.91 Å². The summed E-state index contributed by atoms with van der Waals surface area (Å²) in [6.45, 7) is 3.69. The lowest BCUT2D eigenvalue weighted by atomic mass is 10.1. The van der Waals surface area contributed by atoms with Crippen molar-refractivity contribution < 1.29 is 22.0 Å². The molecular formula is C24H30F2N6O3S. The summed E-state index contributed by atoms with van der Waals surface area (Å²) in [6.07, 6.45) is 3.83. The molecule has 0 unspecified atom stereocenters. The number of hydrogen-bond donors (Lipinski definition) is 3. The van der Waals surface area contributed by atoms with E-state index in [0.717, 1.165) is 35.7 Å². The van der Waals surface area contributed by atoms with Crippen molar-refractivity contribution in [1.82, 2.24) is 19.5 Å². The smallest absolute Gasteiger partial charge is 0.274 e. The Morgan fingerprint density at radius 3 is 2.67 bits per heavy atom.